The highest BCUT2D eigenvalue weighted by molar-refractivity contribution is 7.89. The highest BCUT2D eigenvalue weighted by Gasteiger charge is 2.32. The van der Waals surface area contributed by atoms with Crippen molar-refractivity contribution in [2.24, 2.45) is 0 Å². The number of aryl methyl sites for hydroxylation is 1. The Morgan fingerprint density at radius 1 is 0.786 bits per heavy atom. The predicted molar refractivity (Wildman–Crippen MR) is 163 cm³/mol. The molecule has 5 rings (SSSR count). The zero-order valence-corrected chi connectivity index (χ0v) is 24.7. The molecule has 0 spiro atoms. The first-order valence-electron chi connectivity index (χ1n) is 14.0. The summed E-state index contributed by atoms with van der Waals surface area (Å²) in [4.78, 5) is 43.4. The van der Waals surface area contributed by atoms with Gasteiger partial charge in [0.15, 0.2) is 0 Å². The number of rotatable bonds is 10. The number of hydrogen-bond acceptors (Lipinski definition) is 5. The Morgan fingerprint density at radius 2 is 1.36 bits per heavy atom. The SMILES string of the molecule is CCN(CC)S(=O)(=O)c1ccc(C(=O)N(CCCN2C(=O)c3cccc4cccc(c34)C2=O)c2ccc(C)cc2)cc1. The van der Waals surface area contributed by atoms with Crippen molar-refractivity contribution in [1.29, 1.82) is 0 Å². The number of anilines is 1. The van der Waals surface area contributed by atoms with Gasteiger partial charge in [-0.05, 0) is 67.3 Å². The van der Waals surface area contributed by atoms with Crippen LogP contribution in [0.4, 0.5) is 5.69 Å². The molecule has 42 heavy (non-hydrogen) atoms. The zero-order valence-electron chi connectivity index (χ0n) is 23.9. The van der Waals surface area contributed by atoms with Gasteiger partial charge in [-0.1, -0.05) is 55.8 Å². The summed E-state index contributed by atoms with van der Waals surface area (Å²) in [6.45, 7) is 6.60. The summed E-state index contributed by atoms with van der Waals surface area (Å²) < 4.78 is 27.2. The predicted octanol–water partition coefficient (Wildman–Crippen LogP) is 5.51. The first kappa shape index (κ1) is 29.2. The first-order valence-corrected chi connectivity index (χ1v) is 15.5. The third kappa shape index (κ3) is 5.33. The van der Waals surface area contributed by atoms with Crippen LogP contribution < -0.4 is 4.90 Å². The zero-order chi connectivity index (χ0) is 30.0. The Kier molecular flexibility index (Phi) is 8.24. The summed E-state index contributed by atoms with van der Waals surface area (Å²) in [6, 6.07) is 24.3. The normalized spacial score (nSPS) is 13.2. The molecule has 1 aliphatic rings. The minimum atomic E-state index is -3.65. The number of benzene rings is 4. The molecule has 0 unspecified atom stereocenters. The van der Waals surface area contributed by atoms with Crippen molar-refractivity contribution < 1.29 is 22.8 Å². The molecule has 0 aliphatic carbocycles. The quantitative estimate of drug-likeness (QED) is 0.230. The number of nitrogens with zero attached hydrogens (tertiary/aromatic N) is 3. The summed E-state index contributed by atoms with van der Waals surface area (Å²) in [7, 11) is -3.65. The molecule has 0 radical (unpaired) electrons. The van der Waals surface area contributed by atoms with E-state index in [1.165, 1.54) is 33.5 Å². The van der Waals surface area contributed by atoms with E-state index >= 15 is 0 Å². The van der Waals surface area contributed by atoms with Crippen molar-refractivity contribution in [2.75, 3.05) is 31.1 Å². The molecule has 0 fully saturated rings. The van der Waals surface area contributed by atoms with Crippen molar-refractivity contribution in [3.8, 4) is 0 Å². The van der Waals surface area contributed by atoms with Crippen molar-refractivity contribution >= 4 is 44.2 Å². The monoisotopic (exact) mass is 583 g/mol. The maximum absolute atomic E-state index is 13.8. The molecule has 0 N–H and O–H groups in total. The standard InChI is InChI=1S/C33H33N3O5S/c1-4-34(5-2)42(40,41)27-19-15-25(16-20-27)31(37)35(26-17-13-23(3)14-18-26)21-8-22-36-32(38)28-11-6-9-24-10-7-12-29(30(24)28)33(36)39/h6-7,9-20H,4-5,8,21-22H2,1-3H3. The highest BCUT2D eigenvalue weighted by atomic mass is 32.2. The highest BCUT2D eigenvalue weighted by Crippen LogP contribution is 2.30. The lowest BCUT2D eigenvalue weighted by Crippen LogP contribution is -2.42. The van der Waals surface area contributed by atoms with Gasteiger partial charge in [-0.3, -0.25) is 19.3 Å². The largest absolute Gasteiger partial charge is 0.308 e. The molecule has 0 aromatic heterocycles. The fourth-order valence-electron chi connectivity index (χ4n) is 5.38. The number of carbonyl (C=O) groups excluding carboxylic acids is 3. The van der Waals surface area contributed by atoms with Gasteiger partial charge in [-0.2, -0.15) is 4.31 Å². The fourth-order valence-corrected chi connectivity index (χ4v) is 6.84. The van der Waals surface area contributed by atoms with Gasteiger partial charge < -0.3 is 4.90 Å². The van der Waals surface area contributed by atoms with Crippen LogP contribution in [0.3, 0.4) is 0 Å². The summed E-state index contributed by atoms with van der Waals surface area (Å²) in [5, 5.41) is 1.52. The van der Waals surface area contributed by atoms with Crippen LogP contribution in [0.1, 0.15) is 56.9 Å². The second-order valence-corrected chi connectivity index (χ2v) is 12.2. The number of amides is 3. The molecule has 4 aromatic rings. The van der Waals surface area contributed by atoms with Gasteiger partial charge in [0, 0.05) is 53.9 Å². The van der Waals surface area contributed by atoms with Gasteiger partial charge in [-0.15, -0.1) is 0 Å². The molecule has 1 heterocycles. The van der Waals surface area contributed by atoms with Crippen molar-refractivity contribution in [2.45, 2.75) is 32.1 Å². The van der Waals surface area contributed by atoms with Crippen LogP contribution in [0, 0.1) is 6.92 Å². The van der Waals surface area contributed by atoms with Gasteiger partial charge in [0.2, 0.25) is 10.0 Å². The average Bonchev–Trinajstić information content (AvgIpc) is 3.00. The van der Waals surface area contributed by atoms with Gasteiger partial charge >= 0.3 is 0 Å². The first-order chi connectivity index (χ1) is 20.2. The Balaban J connectivity index is 1.37. The van der Waals surface area contributed by atoms with Gasteiger partial charge in [0.05, 0.1) is 4.90 Å². The Morgan fingerprint density at radius 3 is 1.90 bits per heavy atom. The van der Waals surface area contributed by atoms with E-state index in [0.717, 1.165) is 10.9 Å². The molecule has 8 nitrogen and oxygen atoms in total. The molecule has 1 aliphatic heterocycles. The Labute approximate surface area is 246 Å². The van der Waals surface area contributed by atoms with E-state index in [-0.39, 0.29) is 35.7 Å². The molecule has 9 heteroatoms. The summed E-state index contributed by atoms with van der Waals surface area (Å²) >= 11 is 0. The molecule has 4 aromatic carbocycles. The molecule has 0 saturated heterocycles. The van der Waals surface area contributed by atoms with Crippen LogP contribution in [0.25, 0.3) is 10.8 Å². The van der Waals surface area contributed by atoms with E-state index in [0.29, 0.717) is 47.3 Å². The smallest absolute Gasteiger partial charge is 0.261 e. The molecule has 216 valence electrons. The van der Waals surface area contributed by atoms with Gasteiger partial charge in [0.25, 0.3) is 17.7 Å². The third-order valence-electron chi connectivity index (χ3n) is 7.65. The maximum Gasteiger partial charge on any atom is 0.261 e. The molecule has 0 bridgehead atoms. The van der Waals surface area contributed by atoms with Crippen LogP contribution in [-0.2, 0) is 10.0 Å². The number of sulfonamides is 1. The van der Waals surface area contributed by atoms with Crippen LogP contribution in [0.5, 0.6) is 0 Å². The van der Waals surface area contributed by atoms with E-state index in [9.17, 15) is 22.8 Å². The Hall–Kier alpha value is -4.34. The topological polar surface area (TPSA) is 95.1 Å². The Bertz CT molecular complexity index is 1710. The summed E-state index contributed by atoms with van der Waals surface area (Å²) in [5.41, 5.74) is 3.02. The van der Waals surface area contributed by atoms with Crippen molar-refractivity contribution in [3.63, 3.8) is 0 Å². The van der Waals surface area contributed by atoms with Crippen LogP contribution in [0.2, 0.25) is 0 Å². The second-order valence-electron chi connectivity index (χ2n) is 10.2. The average molecular weight is 584 g/mol. The summed E-state index contributed by atoms with van der Waals surface area (Å²) in [6.07, 6.45) is 0.351. The van der Waals surface area contributed by atoms with E-state index < -0.39 is 10.0 Å². The van der Waals surface area contributed by atoms with Crippen molar-refractivity contribution in [3.05, 3.63) is 107 Å². The minimum absolute atomic E-state index is 0.127. The lowest BCUT2D eigenvalue weighted by atomic mass is 9.94. The van der Waals surface area contributed by atoms with Gasteiger partial charge in [-0.25, -0.2) is 8.42 Å². The molecular weight excluding hydrogens is 550 g/mol. The minimum Gasteiger partial charge on any atom is -0.308 e. The number of imide groups is 1. The fraction of sp³-hybridized carbons (Fsp3) is 0.242. The van der Waals surface area contributed by atoms with E-state index in [1.807, 2.05) is 55.5 Å². The van der Waals surface area contributed by atoms with Crippen LogP contribution in [-0.4, -0.2) is 61.5 Å². The van der Waals surface area contributed by atoms with E-state index in [1.54, 1.807) is 30.9 Å². The van der Waals surface area contributed by atoms with E-state index in [4.69, 9.17) is 0 Å². The van der Waals surface area contributed by atoms with Crippen LogP contribution in [0.15, 0.2) is 89.8 Å². The molecular formula is C33H33N3O5S. The maximum atomic E-state index is 13.8. The summed E-state index contributed by atoms with van der Waals surface area (Å²) in [5.74, 6) is -0.998. The number of carbonyl (C=O) groups is 3. The van der Waals surface area contributed by atoms with Crippen LogP contribution >= 0.6 is 0 Å². The molecule has 0 saturated carbocycles. The molecule has 0 atom stereocenters. The second kappa shape index (κ2) is 11.9. The van der Waals surface area contributed by atoms with Gasteiger partial charge in [0.1, 0.15) is 0 Å². The van der Waals surface area contributed by atoms with E-state index in [2.05, 4.69) is 0 Å². The lowest BCUT2D eigenvalue weighted by Gasteiger charge is -2.29. The van der Waals surface area contributed by atoms with Crippen molar-refractivity contribution in [1.82, 2.24) is 9.21 Å². The molecule has 3 amide bonds. The third-order valence-corrected chi connectivity index (χ3v) is 9.72. The lowest BCUT2D eigenvalue weighted by molar-refractivity contribution is 0.0610. The number of hydrogen-bond donors (Lipinski definition) is 0.